The molecule has 0 aromatic heterocycles. The van der Waals surface area contributed by atoms with Gasteiger partial charge in [-0.05, 0) is 43.8 Å². The summed E-state index contributed by atoms with van der Waals surface area (Å²) in [6, 6.07) is 7.25. The van der Waals surface area contributed by atoms with E-state index in [0.29, 0.717) is 0 Å². The molecular formula is C11H15N3O2S. The van der Waals surface area contributed by atoms with Crippen LogP contribution in [0, 0.1) is 0 Å². The topological polar surface area (TPSA) is 87.4 Å². The second-order valence-corrected chi connectivity index (χ2v) is 4.57. The number of amides is 1. The number of benzene rings is 1. The first-order valence-electron chi connectivity index (χ1n) is 4.99. The van der Waals surface area contributed by atoms with Crippen LogP contribution in [0.2, 0.25) is 0 Å². The van der Waals surface area contributed by atoms with Crippen LogP contribution < -0.4 is 16.4 Å². The molecule has 1 aromatic carbocycles. The van der Waals surface area contributed by atoms with Crippen LogP contribution in [-0.4, -0.2) is 16.3 Å². The van der Waals surface area contributed by atoms with E-state index in [4.69, 9.17) is 23.1 Å². The van der Waals surface area contributed by atoms with E-state index in [9.17, 15) is 4.79 Å². The number of carbonyl (C=O) groups is 1. The molecule has 0 saturated heterocycles. The number of rotatable bonds is 3. The van der Waals surface area contributed by atoms with E-state index < -0.39 is 11.6 Å². The molecule has 0 atom stereocenters. The van der Waals surface area contributed by atoms with Crippen molar-refractivity contribution < 1.29 is 9.90 Å². The van der Waals surface area contributed by atoms with Gasteiger partial charge in [-0.1, -0.05) is 12.1 Å². The summed E-state index contributed by atoms with van der Waals surface area (Å²) in [7, 11) is 0. The van der Waals surface area contributed by atoms with Gasteiger partial charge in [-0.2, -0.15) is 0 Å². The molecule has 5 N–H and O–H groups in total. The van der Waals surface area contributed by atoms with Gasteiger partial charge < -0.3 is 21.5 Å². The summed E-state index contributed by atoms with van der Waals surface area (Å²) in [5.41, 5.74) is 6.25. The highest BCUT2D eigenvalue weighted by Gasteiger charge is 2.22. The summed E-state index contributed by atoms with van der Waals surface area (Å²) in [6.45, 7) is 3.56. The van der Waals surface area contributed by atoms with Crippen molar-refractivity contribution in [1.29, 1.82) is 0 Å². The zero-order valence-corrected chi connectivity index (χ0v) is 10.5. The van der Waals surface area contributed by atoms with Gasteiger partial charge in [0.2, 0.25) is 0 Å². The van der Waals surface area contributed by atoms with E-state index in [1.54, 1.807) is 32.0 Å². The lowest BCUT2D eigenvalue weighted by atomic mass is 9.94. The lowest BCUT2D eigenvalue weighted by Gasteiger charge is -2.25. The predicted molar refractivity (Wildman–Crippen MR) is 71.0 cm³/mol. The lowest BCUT2D eigenvalue weighted by Crippen LogP contribution is -2.40. The van der Waals surface area contributed by atoms with Gasteiger partial charge in [0, 0.05) is 5.69 Å². The predicted octanol–water partition coefficient (Wildman–Crippen LogP) is 1.84. The van der Waals surface area contributed by atoms with E-state index in [1.165, 1.54) is 0 Å². The molecule has 0 heterocycles. The molecule has 0 aliphatic heterocycles. The fourth-order valence-corrected chi connectivity index (χ4v) is 1.59. The van der Waals surface area contributed by atoms with Crippen LogP contribution in [0.3, 0.4) is 0 Å². The second kappa shape index (κ2) is 5.01. The molecule has 6 heteroatoms. The summed E-state index contributed by atoms with van der Waals surface area (Å²) in [4.78, 5) is 10.7. The molecular weight excluding hydrogens is 238 g/mol. The Morgan fingerprint density at radius 2 is 2.12 bits per heavy atom. The number of nitrogens with one attached hydrogen (secondary N) is 2. The minimum absolute atomic E-state index is 0.172. The molecule has 92 valence electrons. The summed E-state index contributed by atoms with van der Waals surface area (Å²) in [6.07, 6.45) is -1.07. The number of hydrogen-bond acceptors (Lipinski definition) is 2. The quantitative estimate of drug-likeness (QED) is 0.617. The molecule has 0 unspecified atom stereocenters. The molecule has 0 bridgehead atoms. The smallest absolute Gasteiger partial charge is 0.405 e. The van der Waals surface area contributed by atoms with Crippen LogP contribution in [0.25, 0.3) is 0 Å². The number of carboxylic acid groups (broad SMARTS) is 1. The van der Waals surface area contributed by atoms with E-state index in [2.05, 4.69) is 10.6 Å². The van der Waals surface area contributed by atoms with Crippen LogP contribution in [0.5, 0.6) is 0 Å². The Hall–Kier alpha value is -1.82. The molecule has 17 heavy (non-hydrogen) atoms. The van der Waals surface area contributed by atoms with Gasteiger partial charge in [0.1, 0.15) is 0 Å². The van der Waals surface area contributed by atoms with Gasteiger partial charge in [-0.15, -0.1) is 0 Å². The van der Waals surface area contributed by atoms with Gasteiger partial charge >= 0.3 is 6.09 Å². The zero-order valence-electron chi connectivity index (χ0n) is 9.65. The first-order chi connectivity index (χ1) is 7.81. The highest BCUT2D eigenvalue weighted by atomic mass is 32.1. The van der Waals surface area contributed by atoms with Crippen molar-refractivity contribution in [2.24, 2.45) is 5.73 Å². The van der Waals surface area contributed by atoms with Crippen LogP contribution in [0.15, 0.2) is 24.3 Å². The van der Waals surface area contributed by atoms with E-state index in [1.807, 2.05) is 6.07 Å². The third kappa shape index (κ3) is 3.92. The van der Waals surface area contributed by atoms with Crippen LogP contribution in [0.1, 0.15) is 19.4 Å². The van der Waals surface area contributed by atoms with Crippen molar-refractivity contribution in [2.45, 2.75) is 19.4 Å². The van der Waals surface area contributed by atoms with Gasteiger partial charge in [0.15, 0.2) is 5.11 Å². The Kier molecular flexibility index (Phi) is 3.90. The van der Waals surface area contributed by atoms with Crippen molar-refractivity contribution >= 4 is 29.1 Å². The average molecular weight is 253 g/mol. The van der Waals surface area contributed by atoms with Crippen LogP contribution in [0.4, 0.5) is 10.5 Å². The first kappa shape index (κ1) is 13.2. The molecule has 0 fully saturated rings. The summed E-state index contributed by atoms with van der Waals surface area (Å²) >= 11 is 4.74. The molecule has 0 aliphatic carbocycles. The standard InChI is InChI=1S/C11H15N3O2S/c1-11(2,14-10(15)16)7-4-3-5-8(6-7)13-9(12)17/h3-6,14H,1-2H3,(H,15,16)(H3,12,13,17). The van der Waals surface area contributed by atoms with Gasteiger partial charge in [0.25, 0.3) is 0 Å². The first-order valence-corrected chi connectivity index (χ1v) is 5.40. The maximum atomic E-state index is 10.7. The summed E-state index contributed by atoms with van der Waals surface area (Å²) in [5.74, 6) is 0. The molecule has 0 aliphatic rings. The van der Waals surface area contributed by atoms with Crippen molar-refractivity contribution in [1.82, 2.24) is 5.32 Å². The molecule has 0 spiro atoms. The van der Waals surface area contributed by atoms with Gasteiger partial charge in [0.05, 0.1) is 5.54 Å². The SMILES string of the molecule is CC(C)(NC(=O)O)c1cccc(NC(N)=S)c1. The number of thiocarbonyl (C=S) groups is 1. The highest BCUT2D eigenvalue weighted by molar-refractivity contribution is 7.80. The third-order valence-electron chi connectivity index (χ3n) is 2.27. The van der Waals surface area contributed by atoms with Crippen molar-refractivity contribution in [2.75, 3.05) is 5.32 Å². The van der Waals surface area contributed by atoms with Gasteiger partial charge in [-0.25, -0.2) is 4.79 Å². The number of anilines is 1. The molecule has 5 nitrogen and oxygen atoms in total. The normalized spacial score (nSPS) is 10.7. The zero-order chi connectivity index (χ0) is 13.1. The summed E-state index contributed by atoms with van der Waals surface area (Å²) < 4.78 is 0. The third-order valence-corrected chi connectivity index (χ3v) is 2.37. The monoisotopic (exact) mass is 253 g/mol. The fraction of sp³-hybridized carbons (Fsp3) is 0.273. The summed E-state index contributed by atoms with van der Waals surface area (Å²) in [5, 5.41) is 14.2. The maximum absolute atomic E-state index is 10.7. The van der Waals surface area contributed by atoms with E-state index >= 15 is 0 Å². The molecule has 0 radical (unpaired) electrons. The van der Waals surface area contributed by atoms with Crippen molar-refractivity contribution in [3.05, 3.63) is 29.8 Å². The second-order valence-electron chi connectivity index (χ2n) is 4.13. The molecule has 1 amide bonds. The Balaban J connectivity index is 2.97. The van der Waals surface area contributed by atoms with Crippen LogP contribution in [-0.2, 0) is 5.54 Å². The van der Waals surface area contributed by atoms with Crippen LogP contribution >= 0.6 is 12.2 Å². The molecule has 0 saturated carbocycles. The minimum atomic E-state index is -1.07. The van der Waals surface area contributed by atoms with E-state index in [-0.39, 0.29) is 5.11 Å². The Morgan fingerprint density at radius 1 is 1.47 bits per heavy atom. The number of hydrogen-bond donors (Lipinski definition) is 4. The lowest BCUT2D eigenvalue weighted by molar-refractivity contribution is 0.182. The molecule has 1 aromatic rings. The fourth-order valence-electron chi connectivity index (χ4n) is 1.47. The minimum Gasteiger partial charge on any atom is -0.465 e. The maximum Gasteiger partial charge on any atom is 0.405 e. The van der Waals surface area contributed by atoms with Gasteiger partial charge in [-0.3, -0.25) is 0 Å². The highest BCUT2D eigenvalue weighted by Crippen LogP contribution is 2.22. The number of nitrogens with two attached hydrogens (primary N) is 1. The van der Waals surface area contributed by atoms with Crippen molar-refractivity contribution in [3.8, 4) is 0 Å². The Labute approximate surface area is 105 Å². The Bertz CT molecular complexity index is 446. The molecule has 1 rings (SSSR count). The van der Waals surface area contributed by atoms with E-state index in [0.717, 1.165) is 11.3 Å². The van der Waals surface area contributed by atoms with Crippen molar-refractivity contribution in [3.63, 3.8) is 0 Å². The average Bonchev–Trinajstić information content (AvgIpc) is 2.15. The largest absolute Gasteiger partial charge is 0.465 e. The Morgan fingerprint density at radius 3 is 2.65 bits per heavy atom.